The van der Waals surface area contributed by atoms with Crippen LogP contribution in [0, 0.1) is 0 Å². The highest BCUT2D eigenvalue weighted by Gasteiger charge is 2.35. The Balaban J connectivity index is 1.47. The number of anilines is 1. The van der Waals surface area contributed by atoms with E-state index in [0.29, 0.717) is 18.5 Å². The van der Waals surface area contributed by atoms with E-state index in [1.165, 1.54) is 23.3 Å². The number of fused-ring (bicyclic) bond motifs is 2. The first-order chi connectivity index (χ1) is 16.0. The first-order valence-corrected chi connectivity index (χ1v) is 12.9. The van der Waals surface area contributed by atoms with Gasteiger partial charge >= 0.3 is 6.03 Å². The maximum atomic E-state index is 13.0. The van der Waals surface area contributed by atoms with Crippen molar-refractivity contribution in [2.75, 3.05) is 25.0 Å². The molecule has 2 aromatic carbocycles. The molecule has 3 atom stereocenters. The minimum absolute atomic E-state index is 0.126. The van der Waals surface area contributed by atoms with E-state index in [4.69, 9.17) is 9.88 Å². The second-order valence-corrected chi connectivity index (χ2v) is 10.6. The average molecular weight is 469 g/mol. The number of aldehydes is 1. The number of carbonyl (C=O) groups excluding carboxylic acids is 2. The molecule has 2 aromatic rings. The highest BCUT2D eigenvalue weighted by Crippen LogP contribution is 2.45. The molecule has 0 saturated carbocycles. The molecule has 8 nitrogen and oxygen atoms in total. The molecule has 0 aromatic heterocycles. The van der Waals surface area contributed by atoms with Crippen LogP contribution in [0.15, 0.2) is 39.6 Å². The third kappa shape index (κ3) is 4.33. The summed E-state index contributed by atoms with van der Waals surface area (Å²) in [6.07, 6.45) is 5.49. The predicted octanol–water partition coefficient (Wildman–Crippen LogP) is 2.94. The Morgan fingerprint density at radius 1 is 1.24 bits per heavy atom. The first kappa shape index (κ1) is 22.2. The van der Waals surface area contributed by atoms with Crippen molar-refractivity contribution < 1.29 is 18.5 Å². The smallest absolute Gasteiger partial charge is 0.354 e. The lowest BCUT2D eigenvalue weighted by Crippen LogP contribution is -2.41. The topological polar surface area (TPSA) is 123 Å². The average Bonchev–Trinajstić information content (AvgIpc) is 3.46. The molecule has 3 unspecified atom stereocenters. The third-order valence-electron chi connectivity index (χ3n) is 6.83. The van der Waals surface area contributed by atoms with Crippen molar-refractivity contribution >= 4 is 27.9 Å². The Kier molecular flexibility index (Phi) is 6.05. The number of nitrogens with two attached hydrogens (primary N) is 1. The molecule has 1 aliphatic heterocycles. The normalized spacial score (nSPS) is 23.3. The fourth-order valence-electron chi connectivity index (χ4n) is 5.33. The van der Waals surface area contributed by atoms with Gasteiger partial charge in [-0.15, -0.1) is 4.36 Å². The van der Waals surface area contributed by atoms with Crippen molar-refractivity contribution in [2.24, 2.45) is 9.50 Å². The summed E-state index contributed by atoms with van der Waals surface area (Å²) in [6, 6.07) is 7.61. The summed E-state index contributed by atoms with van der Waals surface area (Å²) < 4.78 is 22.9. The van der Waals surface area contributed by atoms with Gasteiger partial charge in [0.2, 0.25) is 0 Å². The highest BCUT2D eigenvalue weighted by molar-refractivity contribution is 7.91. The number of nitrogens with one attached hydrogen (secondary N) is 2. The van der Waals surface area contributed by atoms with Crippen LogP contribution in [0.5, 0.6) is 0 Å². The van der Waals surface area contributed by atoms with Gasteiger partial charge in [-0.05, 0) is 66.5 Å². The lowest BCUT2D eigenvalue weighted by atomic mass is 9.91. The van der Waals surface area contributed by atoms with Crippen molar-refractivity contribution in [1.82, 2.24) is 5.32 Å². The third-order valence-corrected chi connectivity index (χ3v) is 8.20. The van der Waals surface area contributed by atoms with Crippen LogP contribution in [-0.4, -0.2) is 42.3 Å². The van der Waals surface area contributed by atoms with E-state index in [-0.39, 0.29) is 16.9 Å². The second-order valence-electron chi connectivity index (χ2n) is 8.85. The minimum Gasteiger partial charge on any atom is -0.375 e. The summed E-state index contributed by atoms with van der Waals surface area (Å²) in [5, 5.41) is 12.3. The van der Waals surface area contributed by atoms with Crippen molar-refractivity contribution in [3.8, 4) is 0 Å². The molecule has 4 N–H and O–H groups in total. The van der Waals surface area contributed by atoms with Crippen LogP contribution in [0.4, 0.5) is 10.5 Å². The summed E-state index contributed by atoms with van der Waals surface area (Å²) in [5.74, 6) is 0.288. The van der Waals surface area contributed by atoms with Gasteiger partial charge in [0.05, 0.1) is 17.6 Å². The van der Waals surface area contributed by atoms with Gasteiger partial charge in [0, 0.05) is 30.3 Å². The van der Waals surface area contributed by atoms with Crippen molar-refractivity contribution in [3.63, 3.8) is 0 Å². The van der Waals surface area contributed by atoms with Crippen molar-refractivity contribution in [1.29, 1.82) is 0 Å². The molecule has 1 heterocycles. The molecule has 3 aliphatic rings. The number of urea groups is 1. The van der Waals surface area contributed by atoms with Gasteiger partial charge in [-0.2, -0.15) is 0 Å². The highest BCUT2D eigenvalue weighted by atomic mass is 32.2. The predicted molar refractivity (Wildman–Crippen MR) is 126 cm³/mol. The lowest BCUT2D eigenvalue weighted by molar-refractivity contribution is 0.0114. The number of morpholine rings is 1. The molecule has 9 heteroatoms. The molecule has 2 aliphatic carbocycles. The number of aryl methyl sites for hydroxylation is 1. The largest absolute Gasteiger partial charge is 0.375 e. The number of hydrogen-bond donors (Lipinski definition) is 3. The monoisotopic (exact) mass is 468 g/mol. The number of rotatable bonds is 4. The summed E-state index contributed by atoms with van der Waals surface area (Å²) in [7, 11) is -3.49. The number of hydrogen-bond acceptors (Lipinski definition) is 5. The molecule has 0 spiro atoms. The van der Waals surface area contributed by atoms with E-state index in [2.05, 4.69) is 21.1 Å². The summed E-state index contributed by atoms with van der Waals surface area (Å²) in [5.41, 5.74) is 5.90. The lowest BCUT2D eigenvalue weighted by Gasteiger charge is -2.29. The van der Waals surface area contributed by atoms with Crippen molar-refractivity contribution in [3.05, 3.63) is 58.1 Å². The van der Waals surface area contributed by atoms with Gasteiger partial charge < -0.3 is 15.4 Å². The van der Waals surface area contributed by atoms with Crippen LogP contribution in [-0.2, 0) is 33.9 Å². The van der Waals surface area contributed by atoms with Gasteiger partial charge in [-0.25, -0.2) is 14.1 Å². The molecule has 1 fully saturated rings. The second kappa shape index (κ2) is 8.98. The van der Waals surface area contributed by atoms with E-state index < -0.39 is 15.9 Å². The fourth-order valence-corrected chi connectivity index (χ4v) is 6.30. The quantitative estimate of drug-likeness (QED) is 0.596. The van der Waals surface area contributed by atoms with Crippen LogP contribution in [0.25, 0.3) is 0 Å². The molecular formula is C24H28N4O4S. The molecule has 0 radical (unpaired) electrons. The van der Waals surface area contributed by atoms with Gasteiger partial charge in [0.1, 0.15) is 16.2 Å². The zero-order chi connectivity index (χ0) is 23.0. The Morgan fingerprint density at radius 2 is 2.12 bits per heavy atom. The Morgan fingerprint density at radius 3 is 2.91 bits per heavy atom. The summed E-state index contributed by atoms with van der Waals surface area (Å²) >= 11 is 0. The Labute approximate surface area is 193 Å². The zero-order valence-electron chi connectivity index (χ0n) is 18.3. The van der Waals surface area contributed by atoms with Crippen LogP contribution >= 0.6 is 0 Å². The molecule has 1 saturated heterocycles. The fraction of sp³-hybridized carbons (Fsp3) is 0.417. The number of ether oxygens (including phenoxy) is 1. The minimum atomic E-state index is -3.49. The zero-order valence-corrected chi connectivity index (χ0v) is 19.2. The Bertz CT molecular complexity index is 1230. The van der Waals surface area contributed by atoms with E-state index >= 15 is 0 Å². The van der Waals surface area contributed by atoms with E-state index in [1.807, 2.05) is 0 Å². The van der Waals surface area contributed by atoms with E-state index in [1.54, 1.807) is 12.1 Å². The molecular weight excluding hydrogens is 440 g/mol. The number of amides is 2. The van der Waals surface area contributed by atoms with Gasteiger partial charge in [-0.1, -0.05) is 18.2 Å². The maximum Gasteiger partial charge on any atom is 0.354 e. The SMILES string of the molecule is NS(=O)(=NC(=O)Nc1c2c(cc3c1CCC3C1CNCCO1)CCC2)c1cccc(C=O)c1. The number of carbonyl (C=O) groups is 2. The van der Waals surface area contributed by atoms with Crippen LogP contribution < -0.4 is 15.8 Å². The van der Waals surface area contributed by atoms with Gasteiger partial charge in [0.25, 0.3) is 0 Å². The molecule has 0 bridgehead atoms. The number of nitrogens with zero attached hydrogens (tertiary/aromatic N) is 1. The molecule has 33 heavy (non-hydrogen) atoms. The molecule has 2 amide bonds. The first-order valence-electron chi connectivity index (χ1n) is 11.4. The van der Waals surface area contributed by atoms with E-state index in [0.717, 1.165) is 62.0 Å². The summed E-state index contributed by atoms with van der Waals surface area (Å²) in [6.45, 7) is 2.41. The maximum absolute atomic E-state index is 13.0. The number of benzene rings is 2. The van der Waals surface area contributed by atoms with Gasteiger partial charge in [-0.3, -0.25) is 4.79 Å². The molecule has 5 rings (SSSR count). The molecule has 174 valence electrons. The van der Waals surface area contributed by atoms with Crippen LogP contribution in [0.1, 0.15) is 51.4 Å². The van der Waals surface area contributed by atoms with Crippen LogP contribution in [0.3, 0.4) is 0 Å². The van der Waals surface area contributed by atoms with Crippen molar-refractivity contribution in [2.45, 2.75) is 49.0 Å². The van der Waals surface area contributed by atoms with Crippen LogP contribution in [0.2, 0.25) is 0 Å². The summed E-state index contributed by atoms with van der Waals surface area (Å²) in [4.78, 5) is 24.1. The van der Waals surface area contributed by atoms with E-state index in [9.17, 15) is 13.8 Å². The Hall–Kier alpha value is -2.59. The van der Waals surface area contributed by atoms with Gasteiger partial charge in [0.15, 0.2) is 0 Å². The standard InChI is InChI=1S/C24H28N4O4S/c25-33(31,17-5-1-3-15(11-17)14-29)28-24(30)27-23-18-6-2-4-16(18)12-21-19(7-8-20(21)23)22-13-26-9-10-32-22/h1,3,5,11-12,14,19,22,26H,2,4,6-10,13H2,(H3,25,27,28,30,31).